The first-order chi connectivity index (χ1) is 9.99. The van der Waals surface area contributed by atoms with Crippen LogP contribution in [0, 0.1) is 0 Å². The highest BCUT2D eigenvalue weighted by Crippen LogP contribution is 2.31. The van der Waals surface area contributed by atoms with Gasteiger partial charge in [-0.2, -0.15) is 4.31 Å². The molecule has 0 saturated carbocycles. The average molecular weight is 312 g/mol. The Hall–Kier alpha value is -1.25. The van der Waals surface area contributed by atoms with Gasteiger partial charge in [-0.3, -0.25) is 0 Å². The van der Waals surface area contributed by atoms with Crippen LogP contribution in [0.5, 0.6) is 0 Å². The standard InChI is InChI=1S/C13H20N4O3S/c1-21(18,19)17-8-9-20-13(11-17)4-2-7-16(10-13)12-14-5-3-6-15-12/h3,5-6H,2,4,7-11H2,1H3. The summed E-state index contributed by atoms with van der Waals surface area (Å²) in [6.07, 6.45) is 6.49. The number of morpholine rings is 1. The normalized spacial score (nSPS) is 28.0. The monoisotopic (exact) mass is 312 g/mol. The largest absolute Gasteiger partial charge is 0.370 e. The van der Waals surface area contributed by atoms with E-state index in [1.54, 1.807) is 18.5 Å². The summed E-state index contributed by atoms with van der Waals surface area (Å²) in [5.74, 6) is 0.677. The summed E-state index contributed by atoms with van der Waals surface area (Å²) >= 11 is 0. The molecular weight excluding hydrogens is 292 g/mol. The highest BCUT2D eigenvalue weighted by Gasteiger charge is 2.43. The quantitative estimate of drug-likeness (QED) is 0.771. The topological polar surface area (TPSA) is 75.6 Å². The van der Waals surface area contributed by atoms with Gasteiger partial charge in [0.05, 0.1) is 25.0 Å². The number of aromatic nitrogens is 2. The predicted molar refractivity (Wildman–Crippen MR) is 78.6 cm³/mol. The fourth-order valence-corrected chi connectivity index (χ4v) is 3.94. The van der Waals surface area contributed by atoms with Gasteiger partial charge in [0.1, 0.15) is 0 Å². The van der Waals surface area contributed by atoms with Crippen LogP contribution in [0.3, 0.4) is 0 Å². The molecule has 1 atom stereocenters. The minimum absolute atomic E-state index is 0.412. The Morgan fingerprint density at radius 2 is 2.00 bits per heavy atom. The summed E-state index contributed by atoms with van der Waals surface area (Å²) in [6, 6.07) is 1.78. The van der Waals surface area contributed by atoms with E-state index in [1.807, 2.05) is 0 Å². The molecule has 0 N–H and O–H groups in total. The highest BCUT2D eigenvalue weighted by molar-refractivity contribution is 7.88. The fourth-order valence-electron chi connectivity index (χ4n) is 3.06. The van der Waals surface area contributed by atoms with E-state index in [1.165, 1.54) is 10.6 Å². The Bertz CT molecular complexity index is 591. The third-order valence-corrected chi connectivity index (χ3v) is 5.31. The molecule has 0 radical (unpaired) electrons. The van der Waals surface area contributed by atoms with E-state index in [4.69, 9.17) is 4.74 Å². The van der Waals surface area contributed by atoms with E-state index < -0.39 is 15.6 Å². The van der Waals surface area contributed by atoms with E-state index in [0.717, 1.165) is 19.4 Å². The molecule has 2 fully saturated rings. The minimum Gasteiger partial charge on any atom is -0.370 e. The van der Waals surface area contributed by atoms with Crippen LogP contribution in [0.4, 0.5) is 5.95 Å². The van der Waals surface area contributed by atoms with Gasteiger partial charge in [0.2, 0.25) is 16.0 Å². The van der Waals surface area contributed by atoms with E-state index in [-0.39, 0.29) is 0 Å². The Morgan fingerprint density at radius 3 is 2.71 bits per heavy atom. The van der Waals surface area contributed by atoms with E-state index >= 15 is 0 Å². The number of hydrogen-bond donors (Lipinski definition) is 0. The van der Waals surface area contributed by atoms with Gasteiger partial charge < -0.3 is 9.64 Å². The smallest absolute Gasteiger partial charge is 0.225 e. The molecule has 0 aliphatic carbocycles. The second kappa shape index (κ2) is 5.51. The Morgan fingerprint density at radius 1 is 1.24 bits per heavy atom. The van der Waals surface area contributed by atoms with Crippen molar-refractivity contribution >= 4 is 16.0 Å². The molecule has 2 aliphatic heterocycles. The molecule has 2 aliphatic rings. The summed E-state index contributed by atoms with van der Waals surface area (Å²) in [7, 11) is -3.18. The van der Waals surface area contributed by atoms with Crippen LogP contribution in [0.15, 0.2) is 18.5 Å². The molecule has 1 aromatic heterocycles. The molecule has 8 heteroatoms. The van der Waals surface area contributed by atoms with Gasteiger partial charge in [-0.05, 0) is 18.9 Å². The molecule has 1 spiro atoms. The van der Waals surface area contributed by atoms with Crippen LogP contribution in [-0.4, -0.2) is 67.3 Å². The molecule has 1 aromatic rings. The molecule has 7 nitrogen and oxygen atoms in total. The fraction of sp³-hybridized carbons (Fsp3) is 0.692. The number of piperidine rings is 1. The minimum atomic E-state index is -3.18. The van der Waals surface area contributed by atoms with Gasteiger partial charge >= 0.3 is 0 Å². The Balaban J connectivity index is 1.78. The number of hydrogen-bond acceptors (Lipinski definition) is 6. The average Bonchev–Trinajstić information content (AvgIpc) is 2.47. The van der Waals surface area contributed by atoms with E-state index in [9.17, 15) is 8.42 Å². The lowest BCUT2D eigenvalue weighted by atomic mass is 9.91. The lowest BCUT2D eigenvalue weighted by molar-refractivity contribution is -0.0950. The van der Waals surface area contributed by atoms with Crippen LogP contribution < -0.4 is 4.90 Å². The predicted octanol–water partition coefficient (Wildman–Crippen LogP) is 0.107. The van der Waals surface area contributed by atoms with Crippen molar-refractivity contribution in [1.29, 1.82) is 0 Å². The Kier molecular flexibility index (Phi) is 3.85. The number of anilines is 1. The first-order valence-electron chi connectivity index (χ1n) is 7.10. The lowest BCUT2D eigenvalue weighted by Gasteiger charge is -2.47. The molecule has 116 valence electrons. The second-order valence-electron chi connectivity index (χ2n) is 5.70. The zero-order chi connectivity index (χ0) is 14.9. The van der Waals surface area contributed by atoms with Gasteiger partial charge in [-0.1, -0.05) is 0 Å². The summed E-state index contributed by atoms with van der Waals surface area (Å²) in [5.41, 5.74) is -0.446. The number of nitrogens with zero attached hydrogens (tertiary/aromatic N) is 4. The van der Waals surface area contributed by atoms with Crippen LogP contribution >= 0.6 is 0 Å². The van der Waals surface area contributed by atoms with E-state index in [0.29, 0.717) is 32.2 Å². The van der Waals surface area contributed by atoms with Crippen molar-refractivity contribution in [3.63, 3.8) is 0 Å². The molecule has 0 amide bonds. The highest BCUT2D eigenvalue weighted by atomic mass is 32.2. The third kappa shape index (κ3) is 3.17. The maximum Gasteiger partial charge on any atom is 0.225 e. The molecule has 3 heterocycles. The summed E-state index contributed by atoms with van der Waals surface area (Å²) in [4.78, 5) is 10.6. The first-order valence-corrected chi connectivity index (χ1v) is 8.94. The molecule has 0 bridgehead atoms. The second-order valence-corrected chi connectivity index (χ2v) is 7.68. The van der Waals surface area contributed by atoms with Gasteiger partial charge in [0, 0.05) is 32.0 Å². The van der Waals surface area contributed by atoms with Crippen molar-refractivity contribution in [2.75, 3.05) is 43.9 Å². The summed E-state index contributed by atoms with van der Waals surface area (Å²) in [6.45, 7) is 2.78. The third-order valence-electron chi connectivity index (χ3n) is 4.06. The summed E-state index contributed by atoms with van der Waals surface area (Å²) in [5, 5.41) is 0. The zero-order valence-corrected chi connectivity index (χ0v) is 12.9. The van der Waals surface area contributed by atoms with Crippen molar-refractivity contribution in [1.82, 2.24) is 14.3 Å². The van der Waals surface area contributed by atoms with Crippen molar-refractivity contribution in [3.8, 4) is 0 Å². The van der Waals surface area contributed by atoms with Crippen molar-refractivity contribution < 1.29 is 13.2 Å². The molecule has 21 heavy (non-hydrogen) atoms. The van der Waals surface area contributed by atoms with Crippen molar-refractivity contribution in [2.45, 2.75) is 18.4 Å². The zero-order valence-electron chi connectivity index (χ0n) is 12.1. The number of ether oxygens (including phenoxy) is 1. The van der Waals surface area contributed by atoms with Crippen LogP contribution in [0.1, 0.15) is 12.8 Å². The molecular formula is C13H20N4O3S. The maximum absolute atomic E-state index is 11.8. The van der Waals surface area contributed by atoms with Crippen molar-refractivity contribution in [3.05, 3.63) is 18.5 Å². The molecule has 0 aromatic carbocycles. The lowest BCUT2D eigenvalue weighted by Crippen LogP contribution is -2.60. The van der Waals surface area contributed by atoms with Crippen molar-refractivity contribution in [2.24, 2.45) is 0 Å². The number of sulfonamides is 1. The summed E-state index contributed by atoms with van der Waals surface area (Å²) < 4.78 is 31.1. The molecule has 3 rings (SSSR count). The Labute approximate surface area is 125 Å². The SMILES string of the molecule is CS(=O)(=O)N1CCOC2(CCCN(c3ncccn3)C2)C1. The molecule has 2 saturated heterocycles. The van der Waals surface area contributed by atoms with Gasteiger partial charge in [0.15, 0.2) is 0 Å². The van der Waals surface area contributed by atoms with E-state index in [2.05, 4.69) is 14.9 Å². The van der Waals surface area contributed by atoms with Crippen LogP contribution in [0.2, 0.25) is 0 Å². The van der Waals surface area contributed by atoms with Gasteiger partial charge in [-0.15, -0.1) is 0 Å². The first kappa shape index (κ1) is 14.7. The maximum atomic E-state index is 11.8. The van der Waals surface area contributed by atoms with Gasteiger partial charge in [-0.25, -0.2) is 18.4 Å². The van der Waals surface area contributed by atoms with Crippen LogP contribution in [-0.2, 0) is 14.8 Å². The van der Waals surface area contributed by atoms with Crippen LogP contribution in [0.25, 0.3) is 0 Å². The van der Waals surface area contributed by atoms with Gasteiger partial charge in [0.25, 0.3) is 0 Å². The number of rotatable bonds is 2. The molecule has 1 unspecified atom stereocenters.